The van der Waals surface area contributed by atoms with Gasteiger partial charge in [-0.15, -0.1) is 11.3 Å². The van der Waals surface area contributed by atoms with E-state index in [0.717, 1.165) is 33.4 Å². The van der Waals surface area contributed by atoms with Crippen LogP contribution in [0.15, 0.2) is 24.5 Å². The largest absolute Gasteiger partial charge is 0.330 e. The van der Waals surface area contributed by atoms with Crippen molar-refractivity contribution in [1.29, 1.82) is 0 Å². The van der Waals surface area contributed by atoms with E-state index in [0.29, 0.717) is 18.8 Å². The first-order valence-electron chi connectivity index (χ1n) is 6.73. The summed E-state index contributed by atoms with van der Waals surface area (Å²) in [4.78, 5) is 14.2. The number of H-pyrrole nitrogens is 1. The van der Waals surface area contributed by atoms with Crippen LogP contribution in [0.5, 0.6) is 0 Å². The minimum absolute atomic E-state index is 0.604. The van der Waals surface area contributed by atoms with E-state index in [1.807, 2.05) is 25.3 Å². The first-order valence-corrected chi connectivity index (χ1v) is 7.55. The molecular weight excluding hydrogens is 284 g/mol. The van der Waals surface area contributed by atoms with Crippen LogP contribution in [0, 0.1) is 6.92 Å². The molecule has 0 saturated heterocycles. The van der Waals surface area contributed by atoms with E-state index in [1.54, 1.807) is 17.5 Å². The zero-order valence-electron chi connectivity index (χ0n) is 11.7. The number of hydrogen-bond donors (Lipinski definition) is 2. The summed E-state index contributed by atoms with van der Waals surface area (Å²) in [6, 6.07) is 3.94. The summed E-state index contributed by atoms with van der Waals surface area (Å²) >= 11 is 1.61. The topological polar surface area (TPSA) is 93.4 Å². The minimum Gasteiger partial charge on any atom is -0.330 e. The molecule has 7 heteroatoms. The summed E-state index contributed by atoms with van der Waals surface area (Å²) < 4.78 is 0. The molecule has 0 aliphatic carbocycles. The summed E-state index contributed by atoms with van der Waals surface area (Å²) in [5, 5.41) is 8.32. The second-order valence-corrected chi connectivity index (χ2v) is 5.79. The smallest absolute Gasteiger partial charge is 0.193 e. The number of hydrogen-bond acceptors (Lipinski definition) is 6. The van der Waals surface area contributed by atoms with Crippen molar-refractivity contribution >= 4 is 11.3 Å². The van der Waals surface area contributed by atoms with Crippen LogP contribution in [0.4, 0.5) is 0 Å². The van der Waals surface area contributed by atoms with Crippen LogP contribution < -0.4 is 5.73 Å². The Hall–Kier alpha value is -2.12. The van der Waals surface area contributed by atoms with Crippen LogP contribution in [0.1, 0.15) is 22.1 Å². The Morgan fingerprint density at radius 3 is 3.00 bits per heavy atom. The van der Waals surface area contributed by atoms with Crippen LogP contribution in [0.3, 0.4) is 0 Å². The number of aromatic amines is 1. The predicted octanol–water partition coefficient (Wildman–Crippen LogP) is 1.72. The van der Waals surface area contributed by atoms with Crippen LogP contribution in [-0.4, -0.2) is 31.7 Å². The van der Waals surface area contributed by atoms with E-state index < -0.39 is 0 Å². The van der Waals surface area contributed by atoms with Gasteiger partial charge in [0.2, 0.25) is 0 Å². The molecule has 0 bridgehead atoms. The fourth-order valence-electron chi connectivity index (χ4n) is 2.06. The van der Waals surface area contributed by atoms with E-state index in [9.17, 15) is 0 Å². The van der Waals surface area contributed by atoms with E-state index in [4.69, 9.17) is 5.73 Å². The Labute approximate surface area is 126 Å². The average molecular weight is 300 g/mol. The molecule has 0 unspecified atom stereocenters. The van der Waals surface area contributed by atoms with Gasteiger partial charge in [-0.3, -0.25) is 10.1 Å². The highest BCUT2D eigenvalue weighted by Gasteiger charge is 2.14. The maximum atomic E-state index is 5.57. The van der Waals surface area contributed by atoms with Crippen molar-refractivity contribution in [2.45, 2.75) is 19.8 Å². The van der Waals surface area contributed by atoms with Crippen molar-refractivity contribution in [3.05, 3.63) is 46.6 Å². The Bertz CT molecular complexity index is 718. The molecule has 3 rings (SSSR count). The van der Waals surface area contributed by atoms with Gasteiger partial charge in [-0.2, -0.15) is 5.10 Å². The van der Waals surface area contributed by atoms with Crippen LogP contribution in [0.25, 0.3) is 10.7 Å². The summed E-state index contributed by atoms with van der Waals surface area (Å²) in [5.41, 5.74) is 7.63. The monoisotopic (exact) mass is 300 g/mol. The number of thiazole rings is 1. The quantitative estimate of drug-likeness (QED) is 0.748. The lowest BCUT2D eigenvalue weighted by molar-refractivity contribution is 0.945. The number of nitrogens with one attached hydrogen (secondary N) is 1. The summed E-state index contributed by atoms with van der Waals surface area (Å²) in [7, 11) is 0. The van der Waals surface area contributed by atoms with E-state index in [-0.39, 0.29) is 0 Å². The molecular formula is C14H16N6S. The lowest BCUT2D eigenvalue weighted by Gasteiger charge is -1.95. The second-order valence-electron chi connectivity index (χ2n) is 4.70. The van der Waals surface area contributed by atoms with Crippen LogP contribution in [-0.2, 0) is 12.8 Å². The SMILES string of the molecule is Cc1nc(CCN)sc1-c1n[nH]c(Cc2cccnc2)n1. The van der Waals surface area contributed by atoms with Gasteiger partial charge in [-0.1, -0.05) is 6.07 Å². The van der Waals surface area contributed by atoms with Gasteiger partial charge >= 0.3 is 0 Å². The van der Waals surface area contributed by atoms with E-state index >= 15 is 0 Å². The molecule has 6 nitrogen and oxygen atoms in total. The first kappa shape index (κ1) is 13.8. The van der Waals surface area contributed by atoms with Gasteiger partial charge in [0.1, 0.15) is 5.82 Å². The molecule has 0 radical (unpaired) electrons. The van der Waals surface area contributed by atoms with Gasteiger partial charge < -0.3 is 5.73 Å². The molecule has 3 aromatic heterocycles. The van der Waals surface area contributed by atoms with Gasteiger partial charge in [-0.25, -0.2) is 9.97 Å². The number of rotatable bonds is 5. The number of aryl methyl sites for hydroxylation is 1. The lowest BCUT2D eigenvalue weighted by atomic mass is 10.2. The Morgan fingerprint density at radius 1 is 1.33 bits per heavy atom. The summed E-state index contributed by atoms with van der Waals surface area (Å²) in [5.74, 6) is 1.53. The highest BCUT2D eigenvalue weighted by molar-refractivity contribution is 7.15. The minimum atomic E-state index is 0.604. The lowest BCUT2D eigenvalue weighted by Crippen LogP contribution is -2.01. The summed E-state index contributed by atoms with van der Waals surface area (Å²) in [6.45, 7) is 2.58. The van der Waals surface area contributed by atoms with Crippen molar-refractivity contribution in [3.8, 4) is 10.7 Å². The number of aromatic nitrogens is 5. The van der Waals surface area contributed by atoms with Crippen molar-refractivity contribution < 1.29 is 0 Å². The molecule has 0 fully saturated rings. The molecule has 0 atom stereocenters. The van der Waals surface area contributed by atoms with Crippen molar-refractivity contribution in [2.24, 2.45) is 5.73 Å². The van der Waals surface area contributed by atoms with Gasteiger partial charge in [0, 0.05) is 25.2 Å². The zero-order chi connectivity index (χ0) is 14.7. The van der Waals surface area contributed by atoms with E-state index in [2.05, 4.69) is 25.1 Å². The highest BCUT2D eigenvalue weighted by Crippen LogP contribution is 2.27. The van der Waals surface area contributed by atoms with Crippen LogP contribution >= 0.6 is 11.3 Å². The molecule has 21 heavy (non-hydrogen) atoms. The Morgan fingerprint density at radius 2 is 2.24 bits per heavy atom. The zero-order valence-corrected chi connectivity index (χ0v) is 12.5. The molecule has 0 aliphatic rings. The van der Waals surface area contributed by atoms with Crippen molar-refractivity contribution in [2.75, 3.05) is 6.54 Å². The molecule has 108 valence electrons. The fourth-order valence-corrected chi connectivity index (χ4v) is 3.08. The molecule has 0 aromatic carbocycles. The third-order valence-electron chi connectivity index (χ3n) is 3.03. The molecule has 0 aliphatic heterocycles. The maximum absolute atomic E-state index is 5.57. The first-order chi connectivity index (χ1) is 10.3. The molecule has 0 amide bonds. The number of pyridine rings is 1. The number of nitrogens with zero attached hydrogens (tertiary/aromatic N) is 4. The van der Waals surface area contributed by atoms with Crippen molar-refractivity contribution in [1.82, 2.24) is 25.1 Å². The standard InChI is InChI=1S/C14H16N6S/c1-9-13(21-12(17-9)4-5-15)14-18-11(19-20-14)7-10-3-2-6-16-8-10/h2-3,6,8H,4-5,7,15H2,1H3,(H,18,19,20). The van der Waals surface area contributed by atoms with Gasteiger partial charge in [0.15, 0.2) is 5.82 Å². The summed E-state index contributed by atoms with van der Waals surface area (Å²) in [6.07, 6.45) is 5.07. The fraction of sp³-hybridized carbons (Fsp3) is 0.286. The maximum Gasteiger partial charge on any atom is 0.193 e. The average Bonchev–Trinajstić information content (AvgIpc) is 3.07. The normalized spacial score (nSPS) is 11.0. The molecule has 3 N–H and O–H groups in total. The number of nitrogens with two attached hydrogens (primary N) is 1. The predicted molar refractivity (Wildman–Crippen MR) is 82.0 cm³/mol. The Balaban J connectivity index is 1.81. The molecule has 3 heterocycles. The Kier molecular flexibility index (Phi) is 4.03. The molecule has 0 saturated carbocycles. The van der Waals surface area contributed by atoms with Gasteiger partial charge in [0.25, 0.3) is 0 Å². The van der Waals surface area contributed by atoms with E-state index in [1.165, 1.54) is 0 Å². The molecule has 0 spiro atoms. The van der Waals surface area contributed by atoms with Crippen LogP contribution in [0.2, 0.25) is 0 Å². The van der Waals surface area contributed by atoms with Gasteiger partial charge in [0.05, 0.1) is 15.6 Å². The highest BCUT2D eigenvalue weighted by atomic mass is 32.1. The third kappa shape index (κ3) is 3.14. The van der Waals surface area contributed by atoms with Crippen molar-refractivity contribution in [3.63, 3.8) is 0 Å². The second kappa shape index (κ2) is 6.11. The van der Waals surface area contributed by atoms with Gasteiger partial charge in [-0.05, 0) is 25.1 Å². The molecule has 3 aromatic rings. The third-order valence-corrected chi connectivity index (χ3v) is 4.24.